The van der Waals surface area contributed by atoms with Crippen LogP contribution in [0, 0.1) is 0 Å². The minimum Gasteiger partial charge on any atom is -0.492 e. The van der Waals surface area contributed by atoms with Gasteiger partial charge in [-0.15, -0.1) is 0 Å². The number of amides is 1. The van der Waals surface area contributed by atoms with Crippen LogP contribution in [0.3, 0.4) is 0 Å². The van der Waals surface area contributed by atoms with Crippen LogP contribution in [0.5, 0.6) is 17.2 Å². The van der Waals surface area contributed by atoms with Crippen molar-refractivity contribution in [3.8, 4) is 17.2 Å². The van der Waals surface area contributed by atoms with Gasteiger partial charge >= 0.3 is 0 Å². The predicted molar refractivity (Wildman–Crippen MR) is 162 cm³/mol. The zero-order valence-electron chi connectivity index (χ0n) is 23.7. The summed E-state index contributed by atoms with van der Waals surface area (Å²) in [4.78, 5) is 15.9. The van der Waals surface area contributed by atoms with Crippen LogP contribution in [0.4, 0.5) is 0 Å². The Morgan fingerprint density at radius 2 is 1.41 bits per heavy atom. The van der Waals surface area contributed by atoms with Crippen LogP contribution in [0.1, 0.15) is 45.1 Å². The van der Waals surface area contributed by atoms with Crippen molar-refractivity contribution in [2.75, 3.05) is 20.2 Å². The molecule has 0 aromatic heterocycles. The van der Waals surface area contributed by atoms with E-state index in [1.54, 1.807) is 0 Å². The normalized spacial score (nSPS) is 12.1. The Bertz CT molecular complexity index is 1500. The van der Waals surface area contributed by atoms with Crippen molar-refractivity contribution in [3.63, 3.8) is 0 Å². The molecule has 0 aliphatic carbocycles. The molecule has 6 heteroatoms. The third kappa shape index (κ3) is 6.79. The lowest BCUT2D eigenvalue weighted by Crippen LogP contribution is -2.26. The molecular formula is C35H36N2O4. The Labute approximate surface area is 242 Å². The minimum atomic E-state index is -0.109. The molecule has 0 radical (unpaired) electrons. The Morgan fingerprint density at radius 3 is 2.02 bits per heavy atom. The summed E-state index contributed by atoms with van der Waals surface area (Å²) in [6, 6.07) is 29.6. The zero-order valence-corrected chi connectivity index (χ0v) is 23.7. The molecule has 210 valence electrons. The third-order valence-corrected chi connectivity index (χ3v) is 7.08. The second-order valence-electron chi connectivity index (χ2n) is 10.2. The van der Waals surface area contributed by atoms with E-state index in [2.05, 4.69) is 18.0 Å². The van der Waals surface area contributed by atoms with Crippen LogP contribution in [0.2, 0.25) is 0 Å². The standard InChI is InChI=1S/C35H36N2O4/c1-25(2)29-19-30(35(38)37-21-28-15-10-16-32(31(28)22-37)39-18-17-36-3)34(41-24-27-13-8-5-9-14-27)20-33(29)40-23-26-11-6-4-7-12-26/h4-16,19-20,36H,1,17-18,21-24H2,2-3H3. The first-order valence-corrected chi connectivity index (χ1v) is 13.9. The van der Waals surface area contributed by atoms with E-state index in [4.69, 9.17) is 14.2 Å². The molecule has 4 aromatic rings. The molecular weight excluding hydrogens is 512 g/mol. The molecule has 5 rings (SSSR count). The number of hydrogen-bond donors (Lipinski definition) is 1. The van der Waals surface area contributed by atoms with Crippen LogP contribution < -0.4 is 19.5 Å². The van der Waals surface area contributed by atoms with Gasteiger partial charge in [0, 0.05) is 30.3 Å². The van der Waals surface area contributed by atoms with Crippen molar-refractivity contribution in [3.05, 3.63) is 131 Å². The number of rotatable bonds is 12. The van der Waals surface area contributed by atoms with Crippen molar-refractivity contribution in [2.24, 2.45) is 0 Å². The van der Waals surface area contributed by atoms with Crippen molar-refractivity contribution in [2.45, 2.75) is 33.2 Å². The van der Waals surface area contributed by atoms with E-state index in [0.29, 0.717) is 50.0 Å². The number of benzene rings is 4. The highest BCUT2D eigenvalue weighted by atomic mass is 16.5. The molecule has 0 spiro atoms. The van der Waals surface area contributed by atoms with Gasteiger partial charge < -0.3 is 24.4 Å². The molecule has 0 unspecified atom stereocenters. The van der Waals surface area contributed by atoms with Crippen LogP contribution in [-0.2, 0) is 26.3 Å². The van der Waals surface area contributed by atoms with Crippen molar-refractivity contribution >= 4 is 11.5 Å². The number of nitrogens with one attached hydrogen (secondary N) is 1. The highest BCUT2D eigenvalue weighted by Crippen LogP contribution is 2.37. The maximum atomic E-state index is 14.1. The number of fused-ring (bicyclic) bond motifs is 1. The number of nitrogens with zero attached hydrogens (tertiary/aromatic N) is 1. The maximum absolute atomic E-state index is 14.1. The molecule has 1 aliphatic heterocycles. The molecule has 1 heterocycles. The summed E-state index contributed by atoms with van der Waals surface area (Å²) in [5.74, 6) is 1.82. The molecule has 1 amide bonds. The lowest BCUT2D eigenvalue weighted by Gasteiger charge is -2.21. The summed E-state index contributed by atoms with van der Waals surface area (Å²) in [5.41, 5.74) is 6.28. The molecule has 1 N–H and O–H groups in total. The molecule has 0 atom stereocenters. The van der Waals surface area contributed by atoms with Gasteiger partial charge in [-0.3, -0.25) is 4.79 Å². The molecule has 4 aromatic carbocycles. The van der Waals surface area contributed by atoms with Gasteiger partial charge in [0.15, 0.2) is 0 Å². The molecule has 0 saturated heterocycles. The molecule has 1 aliphatic rings. The lowest BCUT2D eigenvalue weighted by atomic mass is 10.0. The van der Waals surface area contributed by atoms with Crippen molar-refractivity contribution in [1.29, 1.82) is 0 Å². The first-order chi connectivity index (χ1) is 20.0. The second-order valence-corrected chi connectivity index (χ2v) is 10.2. The fourth-order valence-electron chi connectivity index (χ4n) is 4.87. The van der Waals surface area contributed by atoms with E-state index < -0.39 is 0 Å². The van der Waals surface area contributed by atoms with Crippen molar-refractivity contribution in [1.82, 2.24) is 10.2 Å². The van der Waals surface area contributed by atoms with Crippen LogP contribution in [0.15, 0.2) is 97.6 Å². The summed E-state index contributed by atoms with van der Waals surface area (Å²) in [6.45, 7) is 9.10. The first kappa shape index (κ1) is 28.0. The zero-order chi connectivity index (χ0) is 28.6. The van der Waals surface area contributed by atoms with Gasteiger partial charge in [-0.2, -0.15) is 0 Å². The Morgan fingerprint density at radius 1 is 0.780 bits per heavy atom. The van der Waals surface area contributed by atoms with Crippen LogP contribution in [0.25, 0.3) is 5.57 Å². The van der Waals surface area contributed by atoms with E-state index in [1.165, 1.54) is 0 Å². The topological polar surface area (TPSA) is 60.0 Å². The molecule has 6 nitrogen and oxygen atoms in total. The second kappa shape index (κ2) is 13.2. The third-order valence-electron chi connectivity index (χ3n) is 7.08. The van der Waals surface area contributed by atoms with Crippen molar-refractivity contribution < 1.29 is 19.0 Å². The van der Waals surface area contributed by atoms with Crippen LogP contribution >= 0.6 is 0 Å². The number of hydrogen-bond acceptors (Lipinski definition) is 5. The average Bonchev–Trinajstić information content (AvgIpc) is 3.45. The number of likely N-dealkylation sites (N-methyl/N-ethyl adjacent to an activating group) is 1. The fourth-order valence-corrected chi connectivity index (χ4v) is 4.87. The van der Waals surface area contributed by atoms with Gasteiger partial charge in [-0.05, 0) is 48.4 Å². The van der Waals surface area contributed by atoms with E-state index in [1.807, 2.05) is 104 Å². The van der Waals surface area contributed by atoms with Gasteiger partial charge in [0.05, 0.1) is 12.1 Å². The molecule has 41 heavy (non-hydrogen) atoms. The fraction of sp³-hybridized carbons (Fsp3) is 0.229. The quantitative estimate of drug-likeness (QED) is 0.201. The largest absolute Gasteiger partial charge is 0.492 e. The summed E-state index contributed by atoms with van der Waals surface area (Å²) in [5, 5.41) is 3.10. The first-order valence-electron chi connectivity index (χ1n) is 13.9. The Balaban J connectivity index is 1.45. The smallest absolute Gasteiger partial charge is 0.258 e. The van der Waals surface area contributed by atoms with Gasteiger partial charge in [0.2, 0.25) is 0 Å². The lowest BCUT2D eigenvalue weighted by molar-refractivity contribution is 0.0745. The number of carbonyl (C=O) groups excluding carboxylic acids is 1. The van der Waals surface area contributed by atoms with E-state index in [-0.39, 0.29) is 5.91 Å². The van der Waals surface area contributed by atoms with Gasteiger partial charge in [0.25, 0.3) is 5.91 Å². The highest BCUT2D eigenvalue weighted by molar-refractivity contribution is 5.98. The monoisotopic (exact) mass is 548 g/mol. The average molecular weight is 549 g/mol. The van der Waals surface area contributed by atoms with E-state index >= 15 is 0 Å². The van der Waals surface area contributed by atoms with E-state index in [9.17, 15) is 4.79 Å². The Kier molecular flexibility index (Phi) is 9.02. The molecule has 0 fully saturated rings. The summed E-state index contributed by atoms with van der Waals surface area (Å²) < 4.78 is 18.6. The van der Waals surface area contributed by atoms with Crippen LogP contribution in [-0.4, -0.2) is 31.0 Å². The predicted octanol–water partition coefficient (Wildman–Crippen LogP) is 6.63. The maximum Gasteiger partial charge on any atom is 0.258 e. The summed E-state index contributed by atoms with van der Waals surface area (Å²) >= 11 is 0. The Hall–Kier alpha value is -4.55. The van der Waals surface area contributed by atoms with Gasteiger partial charge in [0.1, 0.15) is 37.1 Å². The SMILES string of the molecule is C=C(C)c1cc(C(=O)N2Cc3cccc(OCCNC)c3C2)c(OCc2ccccc2)cc1OCc1ccccc1. The number of carbonyl (C=O) groups is 1. The molecule has 0 bridgehead atoms. The molecule has 0 saturated carbocycles. The number of ether oxygens (including phenoxy) is 3. The van der Waals surface area contributed by atoms with E-state index in [0.717, 1.165) is 45.7 Å². The summed E-state index contributed by atoms with van der Waals surface area (Å²) in [6.07, 6.45) is 0. The summed E-state index contributed by atoms with van der Waals surface area (Å²) in [7, 11) is 1.90. The van der Waals surface area contributed by atoms with Gasteiger partial charge in [-0.25, -0.2) is 0 Å². The number of allylic oxidation sites excluding steroid dienone is 1. The highest BCUT2D eigenvalue weighted by Gasteiger charge is 2.29. The van der Waals surface area contributed by atoms with Gasteiger partial charge in [-0.1, -0.05) is 79.4 Å². The minimum absolute atomic E-state index is 0.109.